The lowest BCUT2D eigenvalue weighted by atomic mass is 10.2. The Balaban J connectivity index is 2.27. The van der Waals surface area contributed by atoms with Crippen molar-refractivity contribution in [3.05, 3.63) is 30.5 Å². The van der Waals surface area contributed by atoms with Crippen LogP contribution in [-0.2, 0) is 11.3 Å². The topological polar surface area (TPSA) is 51.3 Å². The van der Waals surface area contributed by atoms with Gasteiger partial charge in [-0.25, -0.2) is 0 Å². The van der Waals surface area contributed by atoms with Crippen molar-refractivity contribution in [2.75, 3.05) is 12.8 Å². The summed E-state index contributed by atoms with van der Waals surface area (Å²) in [5, 5.41) is 1.10. The second kappa shape index (κ2) is 4.72. The molecule has 2 N–H and O–H groups in total. The normalized spacial score (nSPS) is 11.1. The summed E-state index contributed by atoms with van der Waals surface area (Å²) in [5.41, 5.74) is 7.50. The van der Waals surface area contributed by atoms with Gasteiger partial charge in [-0.3, -0.25) is 4.79 Å². The zero-order valence-corrected chi connectivity index (χ0v) is 11.1. The van der Waals surface area contributed by atoms with Gasteiger partial charge in [0.1, 0.15) is 6.54 Å². The number of rotatable bonds is 3. The number of nitrogens with zero attached hydrogens (tertiary/aromatic N) is 2. The lowest BCUT2D eigenvalue weighted by Crippen LogP contribution is -2.35. The Kier molecular flexibility index (Phi) is 3.28. The van der Waals surface area contributed by atoms with Crippen molar-refractivity contribution in [3.63, 3.8) is 0 Å². The number of fused-ring (bicyclic) bond motifs is 1. The van der Waals surface area contributed by atoms with Crippen LogP contribution in [0.5, 0.6) is 0 Å². The second-order valence-electron chi connectivity index (χ2n) is 4.86. The van der Waals surface area contributed by atoms with Crippen molar-refractivity contribution in [1.29, 1.82) is 0 Å². The quantitative estimate of drug-likeness (QED) is 0.842. The van der Waals surface area contributed by atoms with E-state index in [-0.39, 0.29) is 11.9 Å². The van der Waals surface area contributed by atoms with Gasteiger partial charge in [0, 0.05) is 25.0 Å². The summed E-state index contributed by atoms with van der Waals surface area (Å²) in [7, 11) is 1.83. The molecule has 1 aromatic carbocycles. The second-order valence-corrected chi connectivity index (χ2v) is 4.86. The van der Waals surface area contributed by atoms with Gasteiger partial charge in [-0.2, -0.15) is 0 Å². The summed E-state index contributed by atoms with van der Waals surface area (Å²) in [6.45, 7) is 4.36. The van der Waals surface area contributed by atoms with Gasteiger partial charge in [-0.05, 0) is 37.4 Å². The molecule has 0 spiro atoms. The molecule has 0 fully saturated rings. The molecular weight excluding hydrogens is 226 g/mol. The molecule has 2 aromatic rings. The highest BCUT2D eigenvalue weighted by molar-refractivity contribution is 5.85. The zero-order chi connectivity index (χ0) is 13.3. The SMILES string of the molecule is CC(C)N(C)C(=O)Cn1ccc2ccc(N)cc21. The molecule has 4 heteroatoms. The van der Waals surface area contributed by atoms with Gasteiger partial charge >= 0.3 is 0 Å². The summed E-state index contributed by atoms with van der Waals surface area (Å²) in [5.74, 6) is 0.102. The van der Waals surface area contributed by atoms with Gasteiger partial charge in [-0.1, -0.05) is 6.07 Å². The van der Waals surface area contributed by atoms with Crippen molar-refractivity contribution >= 4 is 22.5 Å². The summed E-state index contributed by atoms with van der Waals surface area (Å²) in [6, 6.07) is 7.95. The molecule has 1 heterocycles. The van der Waals surface area contributed by atoms with Crippen LogP contribution in [0.1, 0.15) is 13.8 Å². The number of amides is 1. The molecule has 0 saturated carbocycles. The number of hydrogen-bond acceptors (Lipinski definition) is 2. The molecule has 0 unspecified atom stereocenters. The summed E-state index contributed by atoms with van der Waals surface area (Å²) >= 11 is 0. The Morgan fingerprint density at radius 1 is 1.39 bits per heavy atom. The van der Waals surface area contributed by atoms with Crippen molar-refractivity contribution in [1.82, 2.24) is 9.47 Å². The first-order valence-corrected chi connectivity index (χ1v) is 6.09. The fraction of sp³-hybridized carbons (Fsp3) is 0.357. The molecule has 0 aliphatic carbocycles. The van der Waals surface area contributed by atoms with Crippen LogP contribution in [0, 0.1) is 0 Å². The van der Waals surface area contributed by atoms with Crippen LogP contribution in [0.2, 0.25) is 0 Å². The first kappa shape index (κ1) is 12.5. The number of anilines is 1. The van der Waals surface area contributed by atoms with E-state index in [9.17, 15) is 4.79 Å². The number of carbonyl (C=O) groups excluding carboxylic acids is 1. The summed E-state index contributed by atoms with van der Waals surface area (Å²) < 4.78 is 1.94. The molecule has 4 nitrogen and oxygen atoms in total. The molecule has 2 rings (SSSR count). The number of aromatic nitrogens is 1. The maximum Gasteiger partial charge on any atom is 0.242 e. The first-order valence-electron chi connectivity index (χ1n) is 6.09. The molecule has 0 bridgehead atoms. The molecule has 0 atom stereocenters. The van der Waals surface area contributed by atoms with Gasteiger partial charge in [0.05, 0.1) is 5.52 Å². The fourth-order valence-electron chi connectivity index (χ4n) is 1.88. The minimum atomic E-state index is 0.102. The highest BCUT2D eigenvalue weighted by Gasteiger charge is 2.13. The largest absolute Gasteiger partial charge is 0.399 e. The maximum absolute atomic E-state index is 12.1. The van der Waals surface area contributed by atoms with Crippen molar-refractivity contribution in [3.8, 4) is 0 Å². The molecule has 0 saturated heterocycles. The van der Waals surface area contributed by atoms with Crippen molar-refractivity contribution in [2.24, 2.45) is 0 Å². The minimum Gasteiger partial charge on any atom is -0.399 e. The average molecular weight is 245 g/mol. The Hall–Kier alpha value is -1.97. The third kappa shape index (κ3) is 2.32. The summed E-state index contributed by atoms with van der Waals surface area (Å²) in [6.07, 6.45) is 1.93. The van der Waals surface area contributed by atoms with Crippen molar-refractivity contribution < 1.29 is 4.79 Å². The maximum atomic E-state index is 12.1. The average Bonchev–Trinajstić information content (AvgIpc) is 2.70. The van der Waals surface area contributed by atoms with Crippen LogP contribution in [-0.4, -0.2) is 28.5 Å². The number of carbonyl (C=O) groups is 1. The van der Waals surface area contributed by atoms with Crippen LogP contribution in [0.3, 0.4) is 0 Å². The smallest absolute Gasteiger partial charge is 0.242 e. The number of likely N-dealkylation sites (N-methyl/N-ethyl adjacent to an activating group) is 1. The first-order chi connectivity index (χ1) is 8.49. The third-order valence-corrected chi connectivity index (χ3v) is 3.27. The van der Waals surface area contributed by atoms with Crippen LogP contribution >= 0.6 is 0 Å². The Bertz CT molecular complexity index is 571. The fourth-order valence-corrected chi connectivity index (χ4v) is 1.88. The van der Waals surface area contributed by atoms with E-state index in [1.165, 1.54) is 0 Å². The third-order valence-electron chi connectivity index (χ3n) is 3.27. The van der Waals surface area contributed by atoms with E-state index in [2.05, 4.69) is 0 Å². The van der Waals surface area contributed by atoms with Crippen LogP contribution in [0.25, 0.3) is 10.9 Å². The Labute approximate surface area is 107 Å². The number of nitrogens with two attached hydrogens (primary N) is 1. The van der Waals surface area contributed by atoms with E-state index in [0.29, 0.717) is 12.2 Å². The molecule has 0 aliphatic rings. The minimum absolute atomic E-state index is 0.102. The van der Waals surface area contributed by atoms with E-state index in [1.807, 2.05) is 55.9 Å². The van der Waals surface area contributed by atoms with Gasteiger partial charge in [0.2, 0.25) is 5.91 Å². The van der Waals surface area contributed by atoms with Gasteiger partial charge in [0.15, 0.2) is 0 Å². The van der Waals surface area contributed by atoms with E-state index in [4.69, 9.17) is 5.73 Å². The molecule has 1 aromatic heterocycles. The molecule has 96 valence electrons. The van der Waals surface area contributed by atoms with Crippen LogP contribution in [0.15, 0.2) is 30.5 Å². The van der Waals surface area contributed by atoms with E-state index >= 15 is 0 Å². The Morgan fingerprint density at radius 3 is 2.78 bits per heavy atom. The predicted octanol–water partition coefficient (Wildman–Crippen LogP) is 2.09. The predicted molar refractivity (Wildman–Crippen MR) is 74.3 cm³/mol. The van der Waals surface area contributed by atoms with Gasteiger partial charge in [0.25, 0.3) is 0 Å². The number of hydrogen-bond donors (Lipinski definition) is 1. The number of nitrogen functional groups attached to an aromatic ring is 1. The molecule has 0 radical (unpaired) electrons. The highest BCUT2D eigenvalue weighted by Crippen LogP contribution is 2.19. The van der Waals surface area contributed by atoms with Crippen molar-refractivity contribution in [2.45, 2.75) is 26.4 Å². The lowest BCUT2D eigenvalue weighted by Gasteiger charge is -2.21. The van der Waals surface area contributed by atoms with Gasteiger partial charge < -0.3 is 15.2 Å². The Morgan fingerprint density at radius 2 is 2.11 bits per heavy atom. The highest BCUT2D eigenvalue weighted by atomic mass is 16.2. The van der Waals surface area contributed by atoms with E-state index < -0.39 is 0 Å². The zero-order valence-electron chi connectivity index (χ0n) is 11.1. The molecule has 18 heavy (non-hydrogen) atoms. The van der Waals surface area contributed by atoms with E-state index in [1.54, 1.807) is 4.90 Å². The lowest BCUT2D eigenvalue weighted by molar-refractivity contribution is -0.131. The number of benzene rings is 1. The standard InChI is InChI=1S/C14H19N3O/c1-10(2)16(3)14(18)9-17-7-6-11-4-5-12(15)8-13(11)17/h4-8,10H,9,15H2,1-3H3. The summed E-state index contributed by atoms with van der Waals surface area (Å²) in [4.78, 5) is 13.8. The van der Waals surface area contributed by atoms with Crippen LogP contribution < -0.4 is 5.73 Å². The molecule has 0 aliphatic heterocycles. The van der Waals surface area contributed by atoms with E-state index in [0.717, 1.165) is 10.9 Å². The monoisotopic (exact) mass is 245 g/mol. The van der Waals surface area contributed by atoms with Gasteiger partial charge in [-0.15, -0.1) is 0 Å². The molecule has 1 amide bonds. The molecular formula is C14H19N3O. The van der Waals surface area contributed by atoms with Crippen LogP contribution in [0.4, 0.5) is 5.69 Å².